The summed E-state index contributed by atoms with van der Waals surface area (Å²) in [7, 11) is 0. The van der Waals surface area contributed by atoms with Crippen LogP contribution in [0.1, 0.15) is 24.0 Å². The molecule has 1 aliphatic heterocycles. The molecular weight excluding hydrogens is 509 g/mol. The summed E-state index contributed by atoms with van der Waals surface area (Å²) >= 11 is 7.63. The van der Waals surface area contributed by atoms with Crippen LogP contribution in [0.3, 0.4) is 0 Å². The first-order chi connectivity index (χ1) is 13.7. The van der Waals surface area contributed by atoms with Crippen molar-refractivity contribution in [1.29, 1.82) is 0 Å². The van der Waals surface area contributed by atoms with Gasteiger partial charge in [0.25, 0.3) is 0 Å². The highest BCUT2D eigenvalue weighted by molar-refractivity contribution is 9.10. The Kier molecular flexibility index (Phi) is 5.69. The molecule has 0 bridgehead atoms. The summed E-state index contributed by atoms with van der Waals surface area (Å²) in [6.07, 6.45) is 1.00. The molecule has 0 aliphatic carbocycles. The number of aromatic amines is 1. The van der Waals surface area contributed by atoms with Crippen molar-refractivity contribution in [2.75, 3.05) is 4.90 Å². The number of anilines is 1. The van der Waals surface area contributed by atoms with Crippen LogP contribution in [0, 0.1) is 0 Å². The summed E-state index contributed by atoms with van der Waals surface area (Å²) in [4.78, 5) is 6.58. The summed E-state index contributed by atoms with van der Waals surface area (Å²) in [6, 6.07) is 0.0420. The zero-order valence-corrected chi connectivity index (χ0v) is 17.1. The molecule has 1 atom stereocenters. The minimum absolute atomic E-state index is 0.0110. The van der Waals surface area contributed by atoms with Crippen molar-refractivity contribution in [2.45, 2.75) is 29.9 Å². The van der Waals surface area contributed by atoms with Crippen molar-refractivity contribution in [3.8, 4) is 0 Å². The maximum Gasteiger partial charge on any atom is 0.417 e. The van der Waals surface area contributed by atoms with Crippen LogP contribution in [0.4, 0.5) is 36.6 Å². The fourth-order valence-corrected chi connectivity index (χ4v) is 3.22. The SMILES string of the molecule is CC1C(c2ncc(C(F)(F)C(F)(F)Br)[nH]2)=CC=CN1c1ncc(C(F)(F)F)cc1Cl. The fraction of sp³-hybridized carbons (Fsp3) is 0.294. The molecule has 0 fully saturated rings. The molecule has 13 heteroatoms. The van der Waals surface area contributed by atoms with E-state index in [1.54, 1.807) is 22.9 Å². The smallest absolute Gasteiger partial charge is 0.337 e. The molecule has 0 radical (unpaired) electrons. The number of nitrogens with one attached hydrogen (secondary N) is 1. The second-order valence-electron chi connectivity index (χ2n) is 6.29. The van der Waals surface area contributed by atoms with Crippen LogP contribution >= 0.6 is 27.5 Å². The molecule has 4 nitrogen and oxygen atoms in total. The lowest BCUT2D eigenvalue weighted by atomic mass is 10.0. The van der Waals surface area contributed by atoms with Gasteiger partial charge in [-0.05, 0) is 35.0 Å². The summed E-state index contributed by atoms with van der Waals surface area (Å²) < 4.78 is 92.4. The number of pyridine rings is 1. The molecule has 2 aromatic rings. The highest BCUT2D eigenvalue weighted by atomic mass is 79.9. The monoisotopic (exact) mass is 518 g/mol. The second-order valence-corrected chi connectivity index (χ2v) is 7.69. The van der Waals surface area contributed by atoms with E-state index in [1.807, 2.05) is 0 Å². The van der Waals surface area contributed by atoms with Gasteiger partial charge in [-0.2, -0.15) is 30.7 Å². The highest BCUT2D eigenvalue weighted by Crippen LogP contribution is 2.46. The number of rotatable bonds is 4. The zero-order chi connectivity index (χ0) is 22.5. The zero-order valence-electron chi connectivity index (χ0n) is 14.8. The molecule has 0 saturated heterocycles. The molecule has 0 amide bonds. The Morgan fingerprint density at radius 3 is 2.33 bits per heavy atom. The van der Waals surface area contributed by atoms with Gasteiger partial charge in [0.1, 0.15) is 11.5 Å². The van der Waals surface area contributed by atoms with Gasteiger partial charge in [-0.3, -0.25) is 0 Å². The lowest BCUT2D eigenvalue weighted by molar-refractivity contribution is -0.156. The Morgan fingerprint density at radius 1 is 1.10 bits per heavy atom. The number of allylic oxidation sites excluding steroid dienone is 2. The Labute approximate surface area is 178 Å². The number of hydrogen-bond acceptors (Lipinski definition) is 3. The van der Waals surface area contributed by atoms with E-state index in [0.29, 0.717) is 24.0 Å². The van der Waals surface area contributed by atoms with Crippen LogP contribution < -0.4 is 4.90 Å². The maximum absolute atomic E-state index is 13.8. The van der Waals surface area contributed by atoms with Crippen molar-refractivity contribution in [1.82, 2.24) is 15.0 Å². The number of hydrogen-bond donors (Lipinski definition) is 1. The van der Waals surface area contributed by atoms with Crippen molar-refractivity contribution >= 4 is 38.9 Å². The third-order valence-electron chi connectivity index (χ3n) is 4.33. The van der Waals surface area contributed by atoms with E-state index in [1.165, 1.54) is 23.3 Å². The third kappa shape index (κ3) is 4.07. The van der Waals surface area contributed by atoms with Gasteiger partial charge in [0.15, 0.2) is 5.82 Å². The largest absolute Gasteiger partial charge is 0.417 e. The molecule has 30 heavy (non-hydrogen) atoms. The van der Waals surface area contributed by atoms with Crippen LogP contribution in [-0.4, -0.2) is 25.8 Å². The van der Waals surface area contributed by atoms with Crippen molar-refractivity contribution in [3.63, 3.8) is 0 Å². The number of imidazole rings is 1. The number of halogens is 9. The van der Waals surface area contributed by atoms with Crippen LogP contribution in [0.25, 0.3) is 5.57 Å². The van der Waals surface area contributed by atoms with Crippen LogP contribution in [0.5, 0.6) is 0 Å². The van der Waals surface area contributed by atoms with E-state index in [0.717, 1.165) is 0 Å². The number of H-pyrrole nitrogens is 1. The molecule has 3 rings (SSSR count). The summed E-state index contributed by atoms with van der Waals surface area (Å²) in [5.41, 5.74) is -1.84. The molecule has 0 spiro atoms. The van der Waals surface area contributed by atoms with E-state index in [4.69, 9.17) is 11.6 Å². The van der Waals surface area contributed by atoms with Gasteiger partial charge >= 0.3 is 16.9 Å². The quantitative estimate of drug-likeness (QED) is 0.378. The Morgan fingerprint density at radius 2 is 1.77 bits per heavy atom. The fourth-order valence-electron chi connectivity index (χ4n) is 2.74. The molecule has 2 aromatic heterocycles. The van der Waals surface area contributed by atoms with Crippen LogP contribution in [-0.2, 0) is 12.1 Å². The Balaban J connectivity index is 1.91. The topological polar surface area (TPSA) is 44.8 Å². The van der Waals surface area contributed by atoms with Gasteiger partial charge in [-0.15, -0.1) is 0 Å². The van der Waals surface area contributed by atoms with Crippen molar-refractivity contribution in [3.05, 3.63) is 58.9 Å². The first-order valence-corrected chi connectivity index (χ1v) is 9.30. The molecule has 1 N–H and O–H groups in total. The summed E-state index contributed by atoms with van der Waals surface area (Å²) in [6.45, 7) is 1.59. The van der Waals surface area contributed by atoms with E-state index >= 15 is 0 Å². The minimum atomic E-state index is -4.63. The van der Waals surface area contributed by atoms with Gasteiger partial charge in [0.05, 0.1) is 22.8 Å². The van der Waals surface area contributed by atoms with E-state index in [9.17, 15) is 30.7 Å². The predicted octanol–water partition coefficient (Wildman–Crippen LogP) is 6.36. The number of aromatic nitrogens is 3. The molecular formula is C17H11BrClF7N4. The molecule has 0 aromatic carbocycles. The standard InChI is InChI=1S/C17H11BrClF7N4/c1-8-10(13-27-7-12(29-13)15(20,21)17(18,25)26)3-2-4-30(8)14-11(19)5-9(6-28-14)16(22,23)24/h2-8H,1H3,(H,27,29). The van der Waals surface area contributed by atoms with E-state index < -0.39 is 34.2 Å². The highest BCUT2D eigenvalue weighted by Gasteiger charge is 2.57. The van der Waals surface area contributed by atoms with E-state index in [-0.39, 0.29) is 16.7 Å². The van der Waals surface area contributed by atoms with E-state index in [2.05, 4.69) is 15.0 Å². The minimum Gasteiger partial charge on any atom is -0.337 e. The lowest BCUT2D eigenvalue weighted by Gasteiger charge is -2.31. The molecule has 1 aliphatic rings. The van der Waals surface area contributed by atoms with Crippen molar-refractivity contribution < 1.29 is 30.7 Å². The lowest BCUT2D eigenvalue weighted by Crippen LogP contribution is -2.33. The Bertz CT molecular complexity index is 1010. The molecule has 0 saturated carbocycles. The second kappa shape index (κ2) is 7.56. The van der Waals surface area contributed by atoms with Gasteiger partial charge in [-0.1, -0.05) is 17.7 Å². The predicted molar refractivity (Wildman–Crippen MR) is 99.7 cm³/mol. The normalized spacial score (nSPS) is 18.0. The third-order valence-corrected chi connectivity index (χ3v) is 5.10. The number of alkyl halides is 8. The van der Waals surface area contributed by atoms with Gasteiger partial charge in [0.2, 0.25) is 0 Å². The summed E-state index contributed by atoms with van der Waals surface area (Å²) in [5, 5.41) is -0.284. The average molecular weight is 520 g/mol. The van der Waals surface area contributed by atoms with Crippen molar-refractivity contribution in [2.24, 2.45) is 0 Å². The molecule has 162 valence electrons. The van der Waals surface area contributed by atoms with Gasteiger partial charge in [0, 0.05) is 18.0 Å². The summed E-state index contributed by atoms with van der Waals surface area (Å²) in [5.74, 6) is -4.68. The van der Waals surface area contributed by atoms with Crippen LogP contribution in [0.15, 0.2) is 36.8 Å². The maximum atomic E-state index is 13.8. The average Bonchev–Trinajstić information content (AvgIpc) is 3.11. The number of nitrogens with zero attached hydrogens (tertiary/aromatic N) is 3. The molecule has 1 unspecified atom stereocenters. The first-order valence-electron chi connectivity index (χ1n) is 8.13. The first kappa shape index (κ1) is 22.6. The van der Waals surface area contributed by atoms with Gasteiger partial charge < -0.3 is 9.88 Å². The van der Waals surface area contributed by atoms with Crippen LogP contribution in [0.2, 0.25) is 5.02 Å². The molecule has 3 heterocycles. The van der Waals surface area contributed by atoms with Gasteiger partial charge in [-0.25, -0.2) is 9.97 Å². The Hall–Kier alpha value is -2.08.